The highest BCUT2D eigenvalue weighted by molar-refractivity contribution is 5.94. The molecule has 2 unspecified atom stereocenters. The Kier molecular flexibility index (Phi) is 4.40. The molecule has 0 saturated carbocycles. The van der Waals surface area contributed by atoms with Gasteiger partial charge in [0, 0.05) is 31.6 Å². The maximum atomic E-state index is 13.2. The Morgan fingerprint density at radius 2 is 2.19 bits per heavy atom. The Morgan fingerprint density at radius 3 is 2.93 bits per heavy atom. The number of carbonyl (C=O) groups is 2. The molecule has 0 aliphatic carbocycles. The Hall–Kier alpha value is -3.14. The van der Waals surface area contributed by atoms with Crippen LogP contribution in [0.3, 0.4) is 0 Å². The van der Waals surface area contributed by atoms with Crippen LogP contribution in [0.4, 0.5) is 10.6 Å². The van der Waals surface area contributed by atoms with E-state index in [0.717, 1.165) is 24.6 Å². The van der Waals surface area contributed by atoms with E-state index in [-0.39, 0.29) is 23.9 Å². The second-order valence-electron chi connectivity index (χ2n) is 7.09. The molecule has 2 fully saturated rings. The summed E-state index contributed by atoms with van der Waals surface area (Å²) in [5.41, 5.74) is 1.17. The van der Waals surface area contributed by atoms with Crippen molar-refractivity contribution >= 4 is 28.7 Å². The second kappa shape index (κ2) is 6.88. The summed E-state index contributed by atoms with van der Waals surface area (Å²) in [6, 6.07) is 11.0. The van der Waals surface area contributed by atoms with Gasteiger partial charge >= 0.3 is 6.03 Å². The van der Waals surface area contributed by atoms with Gasteiger partial charge in [0.2, 0.25) is 5.91 Å². The molecule has 138 valence electrons. The van der Waals surface area contributed by atoms with E-state index < -0.39 is 0 Å². The van der Waals surface area contributed by atoms with Gasteiger partial charge < -0.3 is 10.2 Å². The van der Waals surface area contributed by atoms with E-state index in [1.54, 1.807) is 18.0 Å². The van der Waals surface area contributed by atoms with Gasteiger partial charge in [-0.15, -0.1) is 0 Å². The van der Waals surface area contributed by atoms with Gasteiger partial charge in [-0.3, -0.25) is 9.69 Å². The summed E-state index contributed by atoms with van der Waals surface area (Å²) in [6.07, 6.45) is 2.50. The molecule has 0 bridgehead atoms. The Labute approximate surface area is 157 Å². The van der Waals surface area contributed by atoms with Crippen LogP contribution in [0.5, 0.6) is 0 Å². The zero-order valence-corrected chi connectivity index (χ0v) is 15.2. The lowest BCUT2D eigenvalue weighted by Crippen LogP contribution is -2.48. The highest BCUT2D eigenvalue weighted by atomic mass is 16.2. The predicted molar refractivity (Wildman–Crippen MR) is 101 cm³/mol. The number of nitrogens with zero attached hydrogens (tertiary/aromatic N) is 4. The average Bonchev–Trinajstić information content (AvgIpc) is 3.34. The van der Waals surface area contributed by atoms with Gasteiger partial charge in [0.05, 0.1) is 23.1 Å². The van der Waals surface area contributed by atoms with E-state index in [1.807, 2.05) is 24.3 Å². The molecule has 0 spiro atoms. The number of aromatic nitrogens is 1. The monoisotopic (exact) mass is 363 g/mol. The molecule has 2 saturated heterocycles. The fraction of sp³-hybridized carbons (Fsp3) is 0.400. The van der Waals surface area contributed by atoms with Crippen molar-refractivity contribution in [3.8, 4) is 6.07 Å². The van der Waals surface area contributed by atoms with E-state index in [9.17, 15) is 14.9 Å². The first-order valence-corrected chi connectivity index (χ1v) is 9.22. The van der Waals surface area contributed by atoms with Crippen LogP contribution < -0.4 is 10.2 Å². The molecule has 2 aromatic rings. The van der Waals surface area contributed by atoms with Crippen molar-refractivity contribution in [2.75, 3.05) is 25.0 Å². The van der Waals surface area contributed by atoms with Gasteiger partial charge in [0.1, 0.15) is 5.82 Å². The minimum Gasteiger partial charge on any atom is -0.356 e. The summed E-state index contributed by atoms with van der Waals surface area (Å²) in [6.45, 7) is 1.31. The van der Waals surface area contributed by atoms with E-state index in [4.69, 9.17) is 0 Å². The number of likely N-dealkylation sites (tertiary alicyclic amines) is 1. The zero-order chi connectivity index (χ0) is 19.0. The minimum atomic E-state index is -0.177. The molecule has 1 N–H and O–H groups in total. The Balaban J connectivity index is 1.63. The summed E-state index contributed by atoms with van der Waals surface area (Å²) in [5.74, 6) is 0.346. The number of rotatable bonds is 2. The molecule has 2 aliphatic rings. The van der Waals surface area contributed by atoms with Crippen molar-refractivity contribution in [2.24, 2.45) is 5.92 Å². The van der Waals surface area contributed by atoms with Gasteiger partial charge in [0.15, 0.2) is 0 Å². The molecule has 0 radical (unpaired) electrons. The van der Waals surface area contributed by atoms with Gasteiger partial charge in [-0.1, -0.05) is 18.2 Å². The smallest absolute Gasteiger partial charge is 0.325 e. The lowest BCUT2D eigenvalue weighted by molar-refractivity contribution is -0.123. The second-order valence-corrected chi connectivity index (χ2v) is 7.09. The molecule has 3 heterocycles. The molecule has 2 aliphatic heterocycles. The molecule has 1 aromatic heterocycles. The summed E-state index contributed by atoms with van der Waals surface area (Å²) >= 11 is 0. The van der Waals surface area contributed by atoms with Crippen LogP contribution in [-0.2, 0) is 4.79 Å². The number of nitrogens with one attached hydrogen (secondary N) is 1. The predicted octanol–water partition coefficient (Wildman–Crippen LogP) is 2.26. The summed E-state index contributed by atoms with van der Waals surface area (Å²) in [4.78, 5) is 33.1. The topological polar surface area (TPSA) is 89.3 Å². The lowest BCUT2D eigenvalue weighted by Gasteiger charge is -2.31. The van der Waals surface area contributed by atoms with E-state index in [1.165, 1.54) is 4.90 Å². The third-order valence-electron chi connectivity index (χ3n) is 5.55. The Morgan fingerprint density at radius 1 is 1.37 bits per heavy atom. The number of para-hydroxylation sites is 1. The van der Waals surface area contributed by atoms with Crippen molar-refractivity contribution < 1.29 is 9.59 Å². The van der Waals surface area contributed by atoms with E-state index in [0.29, 0.717) is 30.0 Å². The SMILES string of the molecule is CN(C(=O)N1CCCC1C1CCNC1=O)c1cc(C#N)c2ccccc2n1. The molecule has 2 atom stereocenters. The number of benzene rings is 1. The third-order valence-corrected chi connectivity index (χ3v) is 5.55. The standard InChI is InChI=1S/C20H21N5O2/c1-24(18-11-13(12-21)14-5-2-3-6-16(14)23-18)20(27)25-10-4-7-17(25)15-8-9-22-19(15)26/h2-3,5-6,11,15,17H,4,7-10H2,1H3,(H,22,26). The molecular formula is C20H21N5O2. The van der Waals surface area contributed by atoms with E-state index in [2.05, 4.69) is 16.4 Å². The quantitative estimate of drug-likeness (QED) is 0.886. The number of pyridine rings is 1. The van der Waals surface area contributed by atoms with Crippen molar-refractivity contribution in [3.05, 3.63) is 35.9 Å². The third kappa shape index (κ3) is 2.97. The number of anilines is 1. The molecule has 4 rings (SSSR count). The van der Waals surface area contributed by atoms with Gasteiger partial charge in [0.25, 0.3) is 0 Å². The van der Waals surface area contributed by atoms with Crippen LogP contribution in [0.1, 0.15) is 24.8 Å². The van der Waals surface area contributed by atoms with Crippen LogP contribution in [0, 0.1) is 17.2 Å². The Bertz CT molecular complexity index is 951. The number of nitriles is 1. The number of amides is 3. The van der Waals surface area contributed by atoms with Crippen molar-refractivity contribution in [1.29, 1.82) is 5.26 Å². The zero-order valence-electron chi connectivity index (χ0n) is 15.2. The molecule has 7 nitrogen and oxygen atoms in total. The average molecular weight is 363 g/mol. The first kappa shape index (κ1) is 17.3. The molecule has 3 amide bonds. The van der Waals surface area contributed by atoms with Crippen LogP contribution in [0.15, 0.2) is 30.3 Å². The minimum absolute atomic E-state index is 0.0398. The number of hydrogen-bond donors (Lipinski definition) is 1. The largest absolute Gasteiger partial charge is 0.356 e. The van der Waals surface area contributed by atoms with Gasteiger partial charge in [-0.05, 0) is 31.4 Å². The normalized spacial score (nSPS) is 21.9. The van der Waals surface area contributed by atoms with Crippen LogP contribution >= 0.6 is 0 Å². The first-order valence-electron chi connectivity index (χ1n) is 9.22. The van der Waals surface area contributed by atoms with Crippen molar-refractivity contribution in [2.45, 2.75) is 25.3 Å². The lowest BCUT2D eigenvalue weighted by atomic mass is 9.96. The fourth-order valence-corrected chi connectivity index (χ4v) is 4.14. The molecule has 1 aromatic carbocycles. The molecule has 7 heteroatoms. The van der Waals surface area contributed by atoms with E-state index >= 15 is 0 Å². The number of urea groups is 1. The van der Waals surface area contributed by atoms with Gasteiger partial charge in [-0.25, -0.2) is 9.78 Å². The van der Waals surface area contributed by atoms with Crippen LogP contribution in [-0.4, -0.2) is 48.0 Å². The maximum Gasteiger partial charge on any atom is 0.325 e. The summed E-state index contributed by atoms with van der Waals surface area (Å²) < 4.78 is 0. The number of hydrogen-bond acceptors (Lipinski definition) is 4. The number of carbonyl (C=O) groups excluding carboxylic acids is 2. The van der Waals surface area contributed by atoms with Gasteiger partial charge in [-0.2, -0.15) is 5.26 Å². The molecule has 27 heavy (non-hydrogen) atoms. The van der Waals surface area contributed by atoms with Crippen molar-refractivity contribution in [1.82, 2.24) is 15.2 Å². The molecular weight excluding hydrogens is 342 g/mol. The van der Waals surface area contributed by atoms with Crippen molar-refractivity contribution in [3.63, 3.8) is 0 Å². The highest BCUT2D eigenvalue weighted by Gasteiger charge is 2.41. The number of fused-ring (bicyclic) bond motifs is 1. The fourth-order valence-electron chi connectivity index (χ4n) is 4.14. The van der Waals surface area contributed by atoms with Crippen LogP contribution in [0.25, 0.3) is 10.9 Å². The maximum absolute atomic E-state index is 13.2. The first-order chi connectivity index (χ1) is 13.1. The van der Waals surface area contributed by atoms with Crippen LogP contribution in [0.2, 0.25) is 0 Å². The summed E-state index contributed by atoms with van der Waals surface area (Å²) in [7, 11) is 1.67. The highest BCUT2D eigenvalue weighted by Crippen LogP contribution is 2.30. The summed E-state index contributed by atoms with van der Waals surface area (Å²) in [5, 5.41) is 13.1.